The van der Waals surface area contributed by atoms with Crippen molar-refractivity contribution in [3.05, 3.63) is 72.0 Å². The quantitative estimate of drug-likeness (QED) is 0.346. The lowest BCUT2D eigenvalue weighted by Crippen LogP contribution is -2.09. The molecule has 1 aromatic heterocycles. The number of nitrogens with zero attached hydrogens (tertiary/aromatic N) is 1. The first kappa shape index (κ1) is 18.5. The van der Waals surface area contributed by atoms with Gasteiger partial charge in [-0.3, -0.25) is 9.59 Å². The third kappa shape index (κ3) is 4.88. The Hall–Kier alpha value is -3.28. The highest BCUT2D eigenvalue weighted by molar-refractivity contribution is 5.95. The molecular formula is C21H18FNO4. The molecule has 0 radical (unpaired) electrons. The summed E-state index contributed by atoms with van der Waals surface area (Å²) in [5.74, 6) is 0.574. The minimum Gasteiger partial charge on any atom is -0.441 e. The molecule has 0 bridgehead atoms. The van der Waals surface area contributed by atoms with Crippen molar-refractivity contribution in [3.63, 3.8) is 0 Å². The fourth-order valence-electron chi connectivity index (χ4n) is 2.48. The SMILES string of the molecule is CCC(=O)c1ccc(OC(=O)CCc2ncc(-c3ccc(F)cc3)o2)cc1. The second-order valence-corrected chi connectivity index (χ2v) is 5.90. The third-order valence-corrected chi connectivity index (χ3v) is 3.95. The average Bonchev–Trinajstić information content (AvgIpc) is 3.16. The zero-order valence-corrected chi connectivity index (χ0v) is 14.8. The van der Waals surface area contributed by atoms with Gasteiger partial charge in [0.1, 0.15) is 11.6 Å². The van der Waals surface area contributed by atoms with Gasteiger partial charge < -0.3 is 9.15 Å². The minimum absolute atomic E-state index is 0.0359. The van der Waals surface area contributed by atoms with E-state index in [4.69, 9.17) is 9.15 Å². The first-order valence-corrected chi connectivity index (χ1v) is 8.59. The van der Waals surface area contributed by atoms with Gasteiger partial charge in [-0.2, -0.15) is 0 Å². The van der Waals surface area contributed by atoms with Crippen molar-refractivity contribution in [2.45, 2.75) is 26.2 Å². The van der Waals surface area contributed by atoms with Crippen LogP contribution in [0.3, 0.4) is 0 Å². The lowest BCUT2D eigenvalue weighted by molar-refractivity contribution is -0.134. The lowest BCUT2D eigenvalue weighted by Gasteiger charge is -2.04. The van der Waals surface area contributed by atoms with Gasteiger partial charge in [-0.1, -0.05) is 6.92 Å². The Balaban J connectivity index is 1.53. The van der Waals surface area contributed by atoms with Crippen LogP contribution in [0, 0.1) is 5.82 Å². The van der Waals surface area contributed by atoms with Crippen molar-refractivity contribution in [1.29, 1.82) is 0 Å². The molecule has 0 spiro atoms. The largest absolute Gasteiger partial charge is 0.441 e. The van der Waals surface area contributed by atoms with Crippen molar-refractivity contribution >= 4 is 11.8 Å². The molecule has 3 rings (SSSR count). The molecule has 0 fully saturated rings. The van der Waals surface area contributed by atoms with Gasteiger partial charge in [-0.15, -0.1) is 0 Å². The number of oxazole rings is 1. The highest BCUT2D eigenvalue weighted by atomic mass is 19.1. The Morgan fingerprint density at radius 3 is 2.44 bits per heavy atom. The van der Waals surface area contributed by atoms with Crippen molar-refractivity contribution in [2.75, 3.05) is 0 Å². The number of ether oxygens (including phenoxy) is 1. The van der Waals surface area contributed by atoms with E-state index in [9.17, 15) is 14.0 Å². The van der Waals surface area contributed by atoms with Crippen LogP contribution in [0.5, 0.6) is 5.75 Å². The molecule has 0 aliphatic rings. The van der Waals surface area contributed by atoms with Gasteiger partial charge in [-0.25, -0.2) is 9.37 Å². The highest BCUT2D eigenvalue weighted by Crippen LogP contribution is 2.21. The van der Waals surface area contributed by atoms with Gasteiger partial charge in [0.15, 0.2) is 17.4 Å². The van der Waals surface area contributed by atoms with Crippen molar-refractivity contribution in [2.24, 2.45) is 0 Å². The summed E-state index contributed by atoms with van der Waals surface area (Å²) in [6.45, 7) is 1.79. The normalized spacial score (nSPS) is 10.6. The molecular weight excluding hydrogens is 349 g/mol. The summed E-state index contributed by atoms with van der Waals surface area (Å²) in [6, 6.07) is 12.3. The number of Topliss-reactive ketones (excluding diaryl/α,β-unsaturated/α-hetero) is 1. The van der Waals surface area contributed by atoms with Crippen molar-refractivity contribution in [1.82, 2.24) is 4.98 Å². The molecule has 3 aromatic rings. The smallest absolute Gasteiger partial charge is 0.311 e. The summed E-state index contributed by atoms with van der Waals surface area (Å²) in [5.41, 5.74) is 1.30. The van der Waals surface area contributed by atoms with Crippen LogP contribution in [0.1, 0.15) is 36.0 Å². The molecule has 2 aromatic carbocycles. The second-order valence-electron chi connectivity index (χ2n) is 5.90. The molecule has 27 heavy (non-hydrogen) atoms. The monoisotopic (exact) mass is 367 g/mol. The molecule has 138 valence electrons. The van der Waals surface area contributed by atoms with Crippen LogP contribution < -0.4 is 4.74 Å². The van der Waals surface area contributed by atoms with Gasteiger partial charge in [0.25, 0.3) is 0 Å². The number of hydrogen-bond donors (Lipinski definition) is 0. The summed E-state index contributed by atoms with van der Waals surface area (Å²) in [5, 5.41) is 0. The molecule has 0 atom stereocenters. The maximum absolute atomic E-state index is 13.0. The standard InChI is InChI=1S/C21H18FNO4/c1-2-18(24)14-5-9-17(10-6-14)26-21(25)12-11-20-23-13-19(27-20)15-3-7-16(22)8-4-15/h3-10,13H,2,11-12H2,1H3. The molecule has 5 nitrogen and oxygen atoms in total. The minimum atomic E-state index is -0.425. The predicted molar refractivity (Wildman–Crippen MR) is 96.9 cm³/mol. The third-order valence-electron chi connectivity index (χ3n) is 3.95. The van der Waals surface area contributed by atoms with Crippen LogP contribution in [-0.4, -0.2) is 16.7 Å². The van der Waals surface area contributed by atoms with Crippen molar-refractivity contribution < 1.29 is 23.1 Å². The molecule has 0 aliphatic carbocycles. The van der Waals surface area contributed by atoms with E-state index in [2.05, 4.69) is 4.98 Å². The van der Waals surface area contributed by atoms with E-state index in [1.807, 2.05) is 0 Å². The Morgan fingerprint density at radius 1 is 1.07 bits per heavy atom. The zero-order chi connectivity index (χ0) is 19.2. The summed E-state index contributed by atoms with van der Waals surface area (Å²) in [4.78, 5) is 27.7. The Bertz CT molecular complexity index is 930. The molecule has 6 heteroatoms. The fourth-order valence-corrected chi connectivity index (χ4v) is 2.48. The number of hydrogen-bond acceptors (Lipinski definition) is 5. The first-order chi connectivity index (χ1) is 13.0. The number of ketones is 1. The topological polar surface area (TPSA) is 69.4 Å². The number of aryl methyl sites for hydroxylation is 1. The molecule has 0 unspecified atom stereocenters. The van der Waals surface area contributed by atoms with E-state index in [-0.39, 0.29) is 24.4 Å². The van der Waals surface area contributed by atoms with E-state index in [1.54, 1.807) is 43.3 Å². The van der Waals surface area contributed by atoms with Crippen LogP contribution in [0.2, 0.25) is 0 Å². The van der Waals surface area contributed by atoms with E-state index in [0.29, 0.717) is 34.9 Å². The van der Waals surface area contributed by atoms with Crippen LogP contribution in [-0.2, 0) is 11.2 Å². The summed E-state index contributed by atoms with van der Waals surface area (Å²) < 4.78 is 23.8. The van der Waals surface area contributed by atoms with Gasteiger partial charge >= 0.3 is 5.97 Å². The Morgan fingerprint density at radius 2 is 1.78 bits per heavy atom. The maximum atomic E-state index is 13.0. The number of carbonyl (C=O) groups is 2. The van der Waals surface area contributed by atoms with Crippen molar-refractivity contribution in [3.8, 4) is 17.1 Å². The first-order valence-electron chi connectivity index (χ1n) is 8.59. The number of aromatic nitrogens is 1. The molecule has 0 aliphatic heterocycles. The number of rotatable bonds is 7. The van der Waals surface area contributed by atoms with Gasteiger partial charge in [0.2, 0.25) is 0 Å². The van der Waals surface area contributed by atoms with E-state index < -0.39 is 5.97 Å². The molecule has 0 saturated heterocycles. The Labute approximate surface area is 155 Å². The second kappa shape index (κ2) is 8.40. The van der Waals surface area contributed by atoms with E-state index >= 15 is 0 Å². The molecule has 1 heterocycles. The predicted octanol–water partition coefficient (Wildman–Crippen LogP) is 4.61. The van der Waals surface area contributed by atoms with Crippen LogP contribution in [0.4, 0.5) is 4.39 Å². The van der Waals surface area contributed by atoms with Gasteiger partial charge in [0, 0.05) is 24.0 Å². The van der Waals surface area contributed by atoms with E-state index in [1.165, 1.54) is 18.3 Å². The van der Waals surface area contributed by atoms with Crippen LogP contribution in [0.15, 0.2) is 59.1 Å². The number of carbonyl (C=O) groups excluding carboxylic acids is 2. The number of halogens is 1. The summed E-state index contributed by atoms with van der Waals surface area (Å²) >= 11 is 0. The average molecular weight is 367 g/mol. The number of esters is 1. The van der Waals surface area contributed by atoms with Crippen LogP contribution in [0.25, 0.3) is 11.3 Å². The highest BCUT2D eigenvalue weighted by Gasteiger charge is 2.11. The zero-order valence-electron chi connectivity index (χ0n) is 14.8. The van der Waals surface area contributed by atoms with Gasteiger partial charge in [0.05, 0.1) is 12.6 Å². The molecule has 0 N–H and O–H groups in total. The fraction of sp³-hybridized carbons (Fsp3) is 0.190. The maximum Gasteiger partial charge on any atom is 0.311 e. The van der Waals surface area contributed by atoms with Crippen LogP contribution >= 0.6 is 0 Å². The van der Waals surface area contributed by atoms with Gasteiger partial charge in [-0.05, 0) is 48.5 Å². The summed E-state index contributed by atoms with van der Waals surface area (Å²) in [7, 11) is 0. The summed E-state index contributed by atoms with van der Waals surface area (Å²) in [6.07, 6.45) is 2.35. The number of benzene rings is 2. The Kier molecular flexibility index (Phi) is 5.76. The van der Waals surface area contributed by atoms with E-state index in [0.717, 1.165) is 0 Å². The molecule has 0 amide bonds. The lowest BCUT2D eigenvalue weighted by atomic mass is 10.1. The molecule has 0 saturated carbocycles.